The second-order valence-corrected chi connectivity index (χ2v) is 6.50. The minimum absolute atomic E-state index is 0.493. The van der Waals surface area contributed by atoms with Crippen LogP contribution in [-0.2, 0) is 4.74 Å². The van der Waals surface area contributed by atoms with Crippen LogP contribution in [0.4, 0.5) is 0 Å². The zero-order chi connectivity index (χ0) is 15.4. The summed E-state index contributed by atoms with van der Waals surface area (Å²) in [7, 11) is 1.66. The Morgan fingerprint density at radius 3 is 2.77 bits per heavy atom. The summed E-state index contributed by atoms with van der Waals surface area (Å²) in [4.78, 5) is 5.59. The lowest BCUT2D eigenvalue weighted by Gasteiger charge is -2.15. The van der Waals surface area contributed by atoms with Crippen LogP contribution in [-0.4, -0.2) is 39.2 Å². The van der Waals surface area contributed by atoms with Gasteiger partial charge in [-0.3, -0.25) is 4.99 Å². The molecule has 0 amide bonds. The molecule has 116 valence electrons. The molecule has 1 aromatic heterocycles. The predicted molar refractivity (Wildman–Crippen MR) is 91.5 cm³/mol. The monoisotopic (exact) mass is 336 g/mol. The topological polar surface area (TPSA) is 42.9 Å². The number of rotatable bonds is 6. The van der Waals surface area contributed by atoms with Gasteiger partial charge in [-0.25, -0.2) is 0 Å². The number of para-hydroxylation sites is 1. The van der Waals surface area contributed by atoms with Crippen molar-refractivity contribution in [3.05, 3.63) is 40.2 Å². The van der Waals surface area contributed by atoms with E-state index >= 15 is 0 Å². The highest BCUT2D eigenvalue weighted by Gasteiger charge is 2.18. The molecule has 2 aromatic rings. The van der Waals surface area contributed by atoms with Crippen molar-refractivity contribution in [2.45, 2.75) is 0 Å². The molecule has 0 bridgehead atoms. The number of ether oxygens (including phenoxy) is 2. The quantitative estimate of drug-likeness (QED) is 0.822. The lowest BCUT2D eigenvalue weighted by molar-refractivity contribution is 0.146. The maximum absolute atomic E-state index is 6.08. The zero-order valence-corrected chi connectivity index (χ0v) is 13.8. The van der Waals surface area contributed by atoms with E-state index in [9.17, 15) is 0 Å². The van der Waals surface area contributed by atoms with E-state index in [0.29, 0.717) is 13.2 Å². The van der Waals surface area contributed by atoms with Crippen molar-refractivity contribution in [3.8, 4) is 16.2 Å². The minimum atomic E-state index is 0.493. The number of hydrogen-bond donors (Lipinski definition) is 1. The smallest absolute Gasteiger partial charge is 0.138 e. The van der Waals surface area contributed by atoms with Crippen LogP contribution >= 0.6 is 22.9 Å². The number of hydrogen-bond acceptors (Lipinski definition) is 5. The van der Waals surface area contributed by atoms with E-state index in [-0.39, 0.29) is 0 Å². The Morgan fingerprint density at radius 2 is 2.09 bits per heavy atom. The fourth-order valence-electron chi connectivity index (χ4n) is 2.34. The number of amidine groups is 1. The van der Waals surface area contributed by atoms with E-state index in [1.807, 2.05) is 30.3 Å². The first-order valence-corrected chi connectivity index (χ1v) is 8.28. The number of nitrogens with one attached hydrogen (secondary N) is 1. The Labute approximate surface area is 138 Å². The molecule has 2 heterocycles. The molecule has 0 unspecified atom stereocenters. The molecule has 0 aliphatic carbocycles. The number of nitrogens with zero attached hydrogens (tertiary/aromatic N) is 1. The van der Waals surface area contributed by atoms with Crippen LogP contribution in [0.2, 0.25) is 4.34 Å². The Morgan fingerprint density at radius 1 is 1.23 bits per heavy atom. The molecule has 1 aliphatic rings. The third-order valence-electron chi connectivity index (χ3n) is 3.32. The first kappa shape index (κ1) is 15.3. The van der Waals surface area contributed by atoms with Gasteiger partial charge in [-0.1, -0.05) is 17.7 Å². The van der Waals surface area contributed by atoms with Gasteiger partial charge in [0.2, 0.25) is 0 Å². The summed E-state index contributed by atoms with van der Waals surface area (Å²) in [5.41, 5.74) is 2.01. The van der Waals surface area contributed by atoms with Gasteiger partial charge >= 0.3 is 0 Å². The molecule has 1 aliphatic heterocycles. The molecule has 0 atom stereocenters. The van der Waals surface area contributed by atoms with Gasteiger partial charge in [0, 0.05) is 24.1 Å². The van der Waals surface area contributed by atoms with E-state index in [1.54, 1.807) is 7.11 Å². The maximum Gasteiger partial charge on any atom is 0.138 e. The van der Waals surface area contributed by atoms with E-state index in [4.69, 9.17) is 21.1 Å². The molecule has 6 heteroatoms. The molecular formula is C16H17ClN2O2S. The summed E-state index contributed by atoms with van der Waals surface area (Å²) in [5, 5.41) is 3.30. The molecule has 3 rings (SSSR count). The molecule has 4 nitrogen and oxygen atoms in total. The SMILES string of the molecule is COCCOc1c(C2=NCCN2)cccc1-c1ccc(Cl)s1. The van der Waals surface area contributed by atoms with Crippen molar-refractivity contribution in [3.63, 3.8) is 0 Å². The number of aliphatic imine (C=N–C) groups is 1. The molecule has 0 saturated carbocycles. The normalized spacial score (nSPS) is 13.8. The van der Waals surface area contributed by atoms with Gasteiger partial charge in [0.05, 0.1) is 23.1 Å². The Balaban J connectivity index is 2.02. The summed E-state index contributed by atoms with van der Waals surface area (Å²) in [6.45, 7) is 2.69. The predicted octanol–water partition coefficient (Wildman–Crippen LogP) is 3.44. The molecule has 1 aromatic carbocycles. The van der Waals surface area contributed by atoms with Crippen LogP contribution in [0, 0.1) is 0 Å². The molecular weight excluding hydrogens is 320 g/mol. The van der Waals surface area contributed by atoms with Crippen LogP contribution in [0.5, 0.6) is 5.75 Å². The van der Waals surface area contributed by atoms with Crippen LogP contribution < -0.4 is 10.1 Å². The van der Waals surface area contributed by atoms with Crippen LogP contribution in [0.15, 0.2) is 35.3 Å². The lowest BCUT2D eigenvalue weighted by Crippen LogP contribution is -2.21. The van der Waals surface area contributed by atoms with Gasteiger partial charge in [0.1, 0.15) is 18.2 Å². The molecule has 0 fully saturated rings. The van der Waals surface area contributed by atoms with E-state index < -0.39 is 0 Å². The average Bonchev–Trinajstić information content (AvgIpc) is 3.19. The van der Waals surface area contributed by atoms with Crippen molar-refractivity contribution in [2.24, 2.45) is 4.99 Å². The maximum atomic E-state index is 6.08. The third kappa shape index (κ3) is 3.27. The number of methoxy groups -OCH3 is 1. The summed E-state index contributed by atoms with van der Waals surface area (Å²) in [5.74, 6) is 1.71. The fourth-order valence-corrected chi connectivity index (χ4v) is 3.40. The van der Waals surface area contributed by atoms with Crippen molar-refractivity contribution in [1.82, 2.24) is 5.32 Å². The highest BCUT2D eigenvalue weighted by atomic mass is 35.5. The lowest BCUT2D eigenvalue weighted by atomic mass is 10.1. The summed E-state index contributed by atoms with van der Waals surface area (Å²) in [6.07, 6.45) is 0. The number of halogens is 1. The van der Waals surface area contributed by atoms with Gasteiger partial charge < -0.3 is 14.8 Å². The fraction of sp³-hybridized carbons (Fsp3) is 0.312. The molecule has 0 spiro atoms. The van der Waals surface area contributed by atoms with Crippen LogP contribution in [0.25, 0.3) is 10.4 Å². The van der Waals surface area contributed by atoms with Gasteiger partial charge in [0.15, 0.2) is 0 Å². The second-order valence-electron chi connectivity index (χ2n) is 4.78. The molecule has 1 N–H and O–H groups in total. The third-order valence-corrected chi connectivity index (χ3v) is 4.58. The van der Waals surface area contributed by atoms with Crippen molar-refractivity contribution >= 4 is 28.8 Å². The summed E-state index contributed by atoms with van der Waals surface area (Å²) in [6, 6.07) is 10.0. The Bertz CT molecular complexity index is 685. The number of benzene rings is 1. The van der Waals surface area contributed by atoms with Crippen LogP contribution in [0.3, 0.4) is 0 Å². The number of thiophene rings is 1. The van der Waals surface area contributed by atoms with Gasteiger partial charge in [-0.05, 0) is 24.3 Å². The average molecular weight is 337 g/mol. The Kier molecular flexibility index (Phi) is 4.97. The van der Waals surface area contributed by atoms with Gasteiger partial charge in [0.25, 0.3) is 0 Å². The highest BCUT2D eigenvalue weighted by Crippen LogP contribution is 2.39. The molecule has 0 radical (unpaired) electrons. The van der Waals surface area contributed by atoms with Gasteiger partial charge in [-0.15, -0.1) is 11.3 Å². The largest absolute Gasteiger partial charge is 0.490 e. The second kappa shape index (κ2) is 7.13. The molecule has 0 saturated heterocycles. The summed E-state index contributed by atoms with van der Waals surface area (Å²) < 4.78 is 11.9. The standard InChI is InChI=1S/C16H17ClN2O2S/c1-20-9-10-21-15-11(13-5-6-14(17)22-13)3-2-4-12(15)16-18-7-8-19-16/h2-6H,7-10H2,1H3,(H,18,19). The first-order valence-electron chi connectivity index (χ1n) is 7.09. The van der Waals surface area contributed by atoms with E-state index in [1.165, 1.54) is 11.3 Å². The van der Waals surface area contributed by atoms with Crippen molar-refractivity contribution in [1.29, 1.82) is 0 Å². The van der Waals surface area contributed by atoms with Crippen molar-refractivity contribution in [2.75, 3.05) is 33.4 Å². The zero-order valence-electron chi connectivity index (χ0n) is 12.3. The Hall–Kier alpha value is -1.56. The molecule has 22 heavy (non-hydrogen) atoms. The van der Waals surface area contributed by atoms with Crippen molar-refractivity contribution < 1.29 is 9.47 Å². The minimum Gasteiger partial charge on any atom is -0.490 e. The van der Waals surface area contributed by atoms with E-state index in [0.717, 1.165) is 45.0 Å². The van der Waals surface area contributed by atoms with Crippen LogP contribution in [0.1, 0.15) is 5.56 Å². The highest BCUT2D eigenvalue weighted by molar-refractivity contribution is 7.19. The first-order chi connectivity index (χ1) is 10.8. The van der Waals surface area contributed by atoms with Gasteiger partial charge in [-0.2, -0.15) is 0 Å². The summed E-state index contributed by atoms with van der Waals surface area (Å²) >= 11 is 7.62. The van der Waals surface area contributed by atoms with E-state index in [2.05, 4.69) is 10.3 Å².